The van der Waals surface area contributed by atoms with E-state index < -0.39 is 0 Å². The van der Waals surface area contributed by atoms with Gasteiger partial charge < -0.3 is 4.42 Å². The van der Waals surface area contributed by atoms with Crippen LogP contribution in [0.25, 0.3) is 11.1 Å². The average Bonchev–Trinajstić information content (AvgIpc) is 2.51. The Morgan fingerprint density at radius 1 is 1.33 bits per heavy atom. The van der Waals surface area contributed by atoms with Gasteiger partial charge in [-0.25, -0.2) is 0 Å². The lowest BCUT2D eigenvalue weighted by Crippen LogP contribution is -1.82. The van der Waals surface area contributed by atoms with Gasteiger partial charge >= 0.3 is 0 Å². The fraction of sp³-hybridized carbons (Fsp3) is 0.100. The van der Waals surface area contributed by atoms with Crippen LogP contribution < -0.4 is 0 Å². The van der Waals surface area contributed by atoms with Crippen molar-refractivity contribution in [2.75, 3.05) is 0 Å². The zero-order valence-electron chi connectivity index (χ0n) is 6.45. The summed E-state index contributed by atoms with van der Waals surface area (Å²) in [6.07, 6.45) is 2.02. The van der Waals surface area contributed by atoms with Gasteiger partial charge in [-0.3, -0.25) is 0 Å². The minimum atomic E-state index is 0.334. The van der Waals surface area contributed by atoms with Gasteiger partial charge in [0.25, 0.3) is 0 Å². The van der Waals surface area contributed by atoms with Crippen molar-refractivity contribution in [2.24, 2.45) is 0 Å². The molecule has 0 N–H and O–H groups in total. The fourth-order valence-corrected chi connectivity index (χ4v) is 1.20. The van der Waals surface area contributed by atoms with Gasteiger partial charge in [0.05, 0.1) is 18.8 Å². The highest BCUT2D eigenvalue weighted by molar-refractivity contribution is 5.65. The third kappa shape index (κ3) is 1.06. The first-order valence-electron chi connectivity index (χ1n) is 3.73. The van der Waals surface area contributed by atoms with Crippen LogP contribution in [0.15, 0.2) is 34.9 Å². The van der Waals surface area contributed by atoms with Gasteiger partial charge in [0.2, 0.25) is 0 Å². The van der Waals surface area contributed by atoms with Gasteiger partial charge in [0, 0.05) is 5.56 Å². The number of nitrogens with zero attached hydrogens (tertiary/aromatic N) is 1. The second-order valence-corrected chi connectivity index (χ2v) is 2.62. The second kappa shape index (κ2) is 2.71. The molecule has 2 heteroatoms. The maximum Gasteiger partial charge on any atom is 0.118 e. The SMILES string of the molecule is N#CCc1cc2cccc-2co1. The molecule has 0 bridgehead atoms. The Bertz CT molecular complexity index is 397. The van der Waals surface area contributed by atoms with Crippen LogP contribution in [0.1, 0.15) is 5.76 Å². The Morgan fingerprint density at radius 2 is 2.17 bits per heavy atom. The number of hydrogen-bond donors (Lipinski definition) is 0. The maximum atomic E-state index is 8.43. The van der Waals surface area contributed by atoms with E-state index in [1.54, 1.807) is 6.26 Å². The lowest BCUT2D eigenvalue weighted by molar-refractivity contribution is 0.508. The smallest absolute Gasteiger partial charge is 0.118 e. The molecule has 2 rings (SSSR count). The topological polar surface area (TPSA) is 36.9 Å². The lowest BCUT2D eigenvalue weighted by atomic mass is 10.1. The van der Waals surface area contributed by atoms with Gasteiger partial charge in [-0.15, -0.1) is 0 Å². The van der Waals surface area contributed by atoms with Crippen LogP contribution in [0.4, 0.5) is 0 Å². The van der Waals surface area contributed by atoms with Crippen molar-refractivity contribution in [3.05, 3.63) is 36.3 Å². The molecule has 0 fully saturated rings. The predicted octanol–water partition coefficient (Wildman–Crippen LogP) is 2.45. The minimum Gasteiger partial charge on any atom is -0.468 e. The Labute approximate surface area is 70.4 Å². The van der Waals surface area contributed by atoms with Gasteiger partial charge in [-0.1, -0.05) is 18.2 Å². The Balaban J connectivity index is 2.49. The number of rotatable bonds is 1. The van der Waals surface area contributed by atoms with E-state index in [2.05, 4.69) is 0 Å². The Kier molecular flexibility index (Phi) is 1.56. The molecule has 1 heterocycles. The van der Waals surface area contributed by atoms with Crippen LogP contribution in [-0.2, 0) is 6.42 Å². The standard InChI is InChI=1S/C10H7NO/c11-5-4-10-6-8-2-1-3-9(8)7-12-10/h1-3,6-7H,4H2. The molecule has 2 nitrogen and oxygen atoms in total. The van der Waals surface area contributed by atoms with E-state index in [0.29, 0.717) is 6.42 Å². The first kappa shape index (κ1) is 6.93. The number of nitriles is 1. The van der Waals surface area contributed by atoms with Crippen molar-refractivity contribution in [1.82, 2.24) is 0 Å². The number of hydrogen-bond acceptors (Lipinski definition) is 2. The molecule has 0 spiro atoms. The summed E-state index contributed by atoms with van der Waals surface area (Å²) in [5, 5.41) is 8.43. The largest absolute Gasteiger partial charge is 0.468 e. The molecular weight excluding hydrogens is 150 g/mol. The van der Waals surface area contributed by atoms with Crippen LogP contribution in [0.5, 0.6) is 0 Å². The summed E-state index contributed by atoms with van der Waals surface area (Å²) in [7, 11) is 0. The van der Waals surface area contributed by atoms with E-state index in [1.807, 2.05) is 30.3 Å². The van der Waals surface area contributed by atoms with Crippen molar-refractivity contribution in [3.63, 3.8) is 0 Å². The molecule has 58 valence electrons. The lowest BCUT2D eigenvalue weighted by Gasteiger charge is -1.99. The number of fused-ring (bicyclic) bond motifs is 1. The Hall–Kier alpha value is -1.75. The summed E-state index contributed by atoms with van der Waals surface area (Å²) in [5.41, 5.74) is 2.21. The molecule has 0 atom stereocenters. The summed E-state index contributed by atoms with van der Waals surface area (Å²) >= 11 is 0. The summed E-state index contributed by atoms with van der Waals surface area (Å²) in [4.78, 5) is 0. The van der Waals surface area contributed by atoms with Crippen LogP contribution >= 0.6 is 0 Å². The van der Waals surface area contributed by atoms with Crippen LogP contribution in [-0.4, -0.2) is 0 Å². The summed E-state index contributed by atoms with van der Waals surface area (Å²) in [5.74, 6) is 0.719. The molecule has 0 radical (unpaired) electrons. The molecular formula is C10H7NO. The van der Waals surface area contributed by atoms with Crippen molar-refractivity contribution in [2.45, 2.75) is 6.42 Å². The first-order chi connectivity index (χ1) is 5.90. The van der Waals surface area contributed by atoms with Crippen molar-refractivity contribution >= 4 is 0 Å². The molecule has 0 aromatic rings. The van der Waals surface area contributed by atoms with E-state index in [4.69, 9.17) is 9.68 Å². The highest BCUT2D eigenvalue weighted by Crippen LogP contribution is 2.23. The summed E-state index contributed by atoms with van der Waals surface area (Å²) < 4.78 is 5.22. The molecule has 1 aliphatic heterocycles. The summed E-state index contributed by atoms with van der Waals surface area (Å²) in [6, 6.07) is 9.90. The van der Waals surface area contributed by atoms with E-state index in [1.165, 1.54) is 0 Å². The molecule has 0 unspecified atom stereocenters. The highest BCUT2D eigenvalue weighted by atomic mass is 16.3. The van der Waals surface area contributed by atoms with Crippen molar-refractivity contribution in [3.8, 4) is 17.2 Å². The molecule has 0 aromatic carbocycles. The third-order valence-corrected chi connectivity index (χ3v) is 1.79. The van der Waals surface area contributed by atoms with E-state index in [-0.39, 0.29) is 0 Å². The van der Waals surface area contributed by atoms with Crippen LogP contribution in [0, 0.1) is 11.3 Å². The second-order valence-electron chi connectivity index (χ2n) is 2.62. The van der Waals surface area contributed by atoms with Crippen LogP contribution in [0.3, 0.4) is 0 Å². The normalized spacial score (nSPS) is 9.92. The van der Waals surface area contributed by atoms with Crippen molar-refractivity contribution < 1.29 is 4.42 Å². The molecule has 0 saturated heterocycles. The first-order valence-corrected chi connectivity index (χ1v) is 3.73. The highest BCUT2D eigenvalue weighted by Gasteiger charge is 2.03. The molecule has 0 amide bonds. The minimum absolute atomic E-state index is 0.334. The van der Waals surface area contributed by atoms with E-state index in [0.717, 1.165) is 16.9 Å². The average molecular weight is 157 g/mol. The van der Waals surface area contributed by atoms with Crippen LogP contribution in [0.2, 0.25) is 0 Å². The van der Waals surface area contributed by atoms with E-state index in [9.17, 15) is 0 Å². The monoisotopic (exact) mass is 157 g/mol. The third-order valence-electron chi connectivity index (χ3n) is 1.79. The van der Waals surface area contributed by atoms with Gasteiger partial charge in [-0.2, -0.15) is 5.26 Å². The molecule has 12 heavy (non-hydrogen) atoms. The fourth-order valence-electron chi connectivity index (χ4n) is 1.20. The molecule has 0 saturated carbocycles. The van der Waals surface area contributed by atoms with E-state index >= 15 is 0 Å². The summed E-state index contributed by atoms with van der Waals surface area (Å²) in [6.45, 7) is 0. The predicted molar refractivity (Wildman–Crippen MR) is 44.6 cm³/mol. The zero-order chi connectivity index (χ0) is 8.39. The zero-order valence-corrected chi connectivity index (χ0v) is 6.45. The molecule has 0 aromatic heterocycles. The quantitative estimate of drug-likeness (QED) is 0.637. The van der Waals surface area contributed by atoms with Crippen molar-refractivity contribution in [1.29, 1.82) is 5.26 Å². The molecule has 1 aliphatic carbocycles. The van der Waals surface area contributed by atoms with Gasteiger partial charge in [0.1, 0.15) is 5.76 Å². The molecule has 2 aliphatic rings. The Morgan fingerprint density at radius 3 is 3.00 bits per heavy atom. The maximum absolute atomic E-state index is 8.43. The van der Waals surface area contributed by atoms with Gasteiger partial charge in [-0.05, 0) is 11.6 Å². The van der Waals surface area contributed by atoms with Gasteiger partial charge in [0.15, 0.2) is 0 Å².